The highest BCUT2D eigenvalue weighted by Crippen LogP contribution is 2.33. The predicted molar refractivity (Wildman–Crippen MR) is 84.4 cm³/mol. The highest BCUT2D eigenvalue weighted by atomic mass is 32.1. The lowest BCUT2D eigenvalue weighted by molar-refractivity contribution is 0.0959. The molecule has 0 atom stereocenters. The van der Waals surface area contributed by atoms with Crippen LogP contribution in [0.2, 0.25) is 0 Å². The second kappa shape index (κ2) is 5.60. The Labute approximate surface area is 124 Å². The van der Waals surface area contributed by atoms with Crippen molar-refractivity contribution in [3.63, 3.8) is 0 Å². The van der Waals surface area contributed by atoms with Gasteiger partial charge in [-0.25, -0.2) is 4.98 Å². The lowest BCUT2D eigenvalue weighted by Crippen LogP contribution is -2.25. The number of carbonyl (C=O) groups is 1. The molecular formula is C14H13N3OS2. The third-order valence-corrected chi connectivity index (χ3v) is 4.97. The maximum absolute atomic E-state index is 12.2. The molecule has 0 saturated heterocycles. The van der Waals surface area contributed by atoms with Crippen molar-refractivity contribution in [2.75, 3.05) is 12.3 Å². The number of amides is 1. The first-order valence-corrected chi connectivity index (χ1v) is 7.89. The van der Waals surface area contributed by atoms with Crippen LogP contribution in [0.5, 0.6) is 0 Å². The van der Waals surface area contributed by atoms with Crippen molar-refractivity contribution in [2.24, 2.45) is 0 Å². The lowest BCUT2D eigenvalue weighted by atomic mass is 10.2. The van der Waals surface area contributed by atoms with Gasteiger partial charge < -0.3 is 11.1 Å². The van der Waals surface area contributed by atoms with Crippen LogP contribution in [0.25, 0.3) is 10.1 Å². The fourth-order valence-corrected chi connectivity index (χ4v) is 3.63. The van der Waals surface area contributed by atoms with Gasteiger partial charge in [-0.3, -0.25) is 4.79 Å². The van der Waals surface area contributed by atoms with E-state index in [1.165, 1.54) is 11.3 Å². The molecule has 0 fully saturated rings. The maximum atomic E-state index is 12.2. The number of hydrogen-bond donors (Lipinski definition) is 2. The highest BCUT2D eigenvalue weighted by molar-refractivity contribution is 7.21. The van der Waals surface area contributed by atoms with E-state index in [1.807, 2.05) is 29.6 Å². The minimum atomic E-state index is -0.111. The second-order valence-electron chi connectivity index (χ2n) is 4.27. The lowest BCUT2D eigenvalue weighted by Gasteiger charge is -2.02. The van der Waals surface area contributed by atoms with E-state index >= 15 is 0 Å². The van der Waals surface area contributed by atoms with E-state index in [2.05, 4.69) is 10.3 Å². The molecule has 1 aromatic carbocycles. The first-order valence-electron chi connectivity index (χ1n) is 6.19. The number of thiazole rings is 1. The van der Waals surface area contributed by atoms with Gasteiger partial charge in [-0.05, 0) is 6.07 Å². The summed E-state index contributed by atoms with van der Waals surface area (Å²) in [6.45, 7) is 0.569. The normalized spacial score (nSPS) is 10.8. The zero-order valence-corrected chi connectivity index (χ0v) is 12.3. The zero-order chi connectivity index (χ0) is 13.9. The summed E-state index contributed by atoms with van der Waals surface area (Å²) in [6.07, 6.45) is 2.51. The molecule has 0 unspecified atom stereocenters. The van der Waals surface area contributed by atoms with Gasteiger partial charge in [0.05, 0.1) is 10.7 Å². The van der Waals surface area contributed by atoms with E-state index in [0.29, 0.717) is 17.1 Å². The molecule has 0 aliphatic heterocycles. The minimum absolute atomic E-state index is 0.111. The summed E-state index contributed by atoms with van der Waals surface area (Å²) < 4.78 is 1.04. The molecule has 102 valence electrons. The molecule has 2 heterocycles. The number of nitrogens with zero attached hydrogens (tertiary/aromatic N) is 1. The van der Waals surface area contributed by atoms with Crippen molar-refractivity contribution in [3.8, 4) is 0 Å². The molecule has 2 aromatic heterocycles. The Morgan fingerprint density at radius 1 is 1.35 bits per heavy atom. The van der Waals surface area contributed by atoms with Gasteiger partial charge >= 0.3 is 0 Å². The first kappa shape index (κ1) is 13.1. The van der Waals surface area contributed by atoms with Crippen LogP contribution >= 0.6 is 22.7 Å². The van der Waals surface area contributed by atoms with Gasteiger partial charge in [-0.1, -0.05) is 18.2 Å². The highest BCUT2D eigenvalue weighted by Gasteiger charge is 2.15. The summed E-state index contributed by atoms with van der Waals surface area (Å²) >= 11 is 3.02. The molecule has 3 rings (SSSR count). The van der Waals surface area contributed by atoms with Gasteiger partial charge in [0.25, 0.3) is 5.91 Å². The first-order chi connectivity index (χ1) is 9.75. The van der Waals surface area contributed by atoms with Gasteiger partial charge in [0, 0.05) is 34.6 Å². The zero-order valence-electron chi connectivity index (χ0n) is 10.6. The number of thiophene rings is 1. The Balaban J connectivity index is 1.71. The Morgan fingerprint density at radius 2 is 2.20 bits per heavy atom. The SMILES string of the molecule is Nc1c(C(=O)NCCc2nccs2)sc2ccccc12. The van der Waals surface area contributed by atoms with Gasteiger partial charge in [0.15, 0.2) is 0 Å². The number of fused-ring (bicyclic) bond motifs is 1. The number of anilines is 1. The van der Waals surface area contributed by atoms with Crippen LogP contribution in [-0.4, -0.2) is 17.4 Å². The summed E-state index contributed by atoms with van der Waals surface area (Å²) in [7, 11) is 0. The van der Waals surface area contributed by atoms with Crippen LogP contribution in [-0.2, 0) is 6.42 Å². The van der Waals surface area contributed by atoms with Gasteiger partial charge in [-0.2, -0.15) is 0 Å². The average Bonchev–Trinajstić information content (AvgIpc) is 3.08. The van der Waals surface area contributed by atoms with Crippen LogP contribution in [0.3, 0.4) is 0 Å². The predicted octanol–water partition coefficient (Wildman–Crippen LogP) is 2.91. The topological polar surface area (TPSA) is 68.0 Å². The summed E-state index contributed by atoms with van der Waals surface area (Å²) in [5.74, 6) is -0.111. The van der Waals surface area contributed by atoms with Crippen molar-refractivity contribution in [1.82, 2.24) is 10.3 Å². The molecule has 6 heteroatoms. The van der Waals surface area contributed by atoms with Crippen molar-refractivity contribution in [2.45, 2.75) is 6.42 Å². The second-order valence-corrected chi connectivity index (χ2v) is 6.30. The summed E-state index contributed by atoms with van der Waals surface area (Å²) in [6, 6.07) is 7.79. The number of nitrogens with one attached hydrogen (secondary N) is 1. The van der Waals surface area contributed by atoms with Gasteiger partial charge in [0.2, 0.25) is 0 Å². The number of carbonyl (C=O) groups excluding carboxylic acids is 1. The molecule has 3 N–H and O–H groups in total. The van der Waals surface area contributed by atoms with Crippen molar-refractivity contribution in [3.05, 3.63) is 45.7 Å². The molecule has 0 radical (unpaired) electrons. The van der Waals surface area contributed by atoms with Crippen molar-refractivity contribution in [1.29, 1.82) is 0 Å². The van der Waals surface area contributed by atoms with E-state index < -0.39 is 0 Å². The quantitative estimate of drug-likeness (QED) is 0.778. The largest absolute Gasteiger partial charge is 0.397 e. The fourth-order valence-electron chi connectivity index (χ4n) is 1.97. The minimum Gasteiger partial charge on any atom is -0.397 e. The molecule has 20 heavy (non-hydrogen) atoms. The average molecular weight is 303 g/mol. The maximum Gasteiger partial charge on any atom is 0.263 e. The molecule has 4 nitrogen and oxygen atoms in total. The van der Waals surface area contributed by atoms with E-state index in [9.17, 15) is 4.79 Å². The van der Waals surface area contributed by atoms with E-state index in [1.54, 1.807) is 17.5 Å². The van der Waals surface area contributed by atoms with Crippen LogP contribution in [0.1, 0.15) is 14.7 Å². The Kier molecular flexibility index (Phi) is 3.66. The molecule has 0 spiro atoms. The molecule has 0 saturated carbocycles. The molecular weight excluding hydrogens is 290 g/mol. The summed E-state index contributed by atoms with van der Waals surface area (Å²) in [5, 5.41) is 6.80. The third-order valence-electron chi connectivity index (χ3n) is 2.95. The third kappa shape index (κ3) is 2.52. The number of hydrogen-bond acceptors (Lipinski definition) is 5. The standard InChI is InChI=1S/C14H13N3OS2/c15-12-9-3-1-2-4-10(9)20-13(12)14(18)17-6-5-11-16-7-8-19-11/h1-4,7-8H,5-6,15H2,(H,17,18). The fraction of sp³-hybridized carbons (Fsp3) is 0.143. The van der Waals surface area contributed by atoms with Crippen LogP contribution in [0.15, 0.2) is 35.8 Å². The van der Waals surface area contributed by atoms with Crippen LogP contribution < -0.4 is 11.1 Å². The molecule has 0 aliphatic rings. The molecule has 3 aromatic rings. The Morgan fingerprint density at radius 3 is 2.95 bits per heavy atom. The summed E-state index contributed by atoms with van der Waals surface area (Å²) in [4.78, 5) is 16.9. The monoisotopic (exact) mass is 303 g/mol. The summed E-state index contributed by atoms with van der Waals surface area (Å²) in [5.41, 5.74) is 6.61. The van der Waals surface area contributed by atoms with E-state index in [-0.39, 0.29) is 5.91 Å². The van der Waals surface area contributed by atoms with Gasteiger partial charge in [-0.15, -0.1) is 22.7 Å². The number of nitrogen functional groups attached to an aromatic ring is 1. The smallest absolute Gasteiger partial charge is 0.263 e. The molecule has 0 bridgehead atoms. The molecule has 0 aliphatic carbocycles. The molecule has 1 amide bonds. The van der Waals surface area contributed by atoms with Crippen LogP contribution in [0, 0.1) is 0 Å². The number of nitrogens with two attached hydrogens (primary N) is 1. The van der Waals surface area contributed by atoms with Crippen molar-refractivity contribution >= 4 is 44.4 Å². The number of rotatable bonds is 4. The van der Waals surface area contributed by atoms with E-state index in [4.69, 9.17) is 5.73 Å². The van der Waals surface area contributed by atoms with E-state index in [0.717, 1.165) is 21.5 Å². The number of benzene rings is 1. The van der Waals surface area contributed by atoms with Crippen molar-refractivity contribution < 1.29 is 4.79 Å². The number of aromatic nitrogens is 1. The Bertz CT molecular complexity index is 734. The Hall–Kier alpha value is -1.92. The van der Waals surface area contributed by atoms with Crippen LogP contribution in [0.4, 0.5) is 5.69 Å². The van der Waals surface area contributed by atoms with Gasteiger partial charge in [0.1, 0.15) is 4.88 Å².